The average Bonchev–Trinajstić information content (AvgIpc) is 2.74. The average molecular weight is 397 g/mol. The fourth-order valence-corrected chi connectivity index (χ4v) is 3.95. The zero-order valence-electron chi connectivity index (χ0n) is 16.9. The van der Waals surface area contributed by atoms with Crippen molar-refractivity contribution in [3.63, 3.8) is 0 Å². The van der Waals surface area contributed by atoms with Crippen LogP contribution in [-0.2, 0) is 11.2 Å². The molecule has 0 radical (unpaired) electrons. The second kappa shape index (κ2) is 10.2. The Morgan fingerprint density at radius 1 is 1.07 bits per heavy atom. The summed E-state index contributed by atoms with van der Waals surface area (Å²) in [6.07, 6.45) is 4.26. The van der Waals surface area contributed by atoms with Gasteiger partial charge in [-0.15, -0.1) is 0 Å². The van der Waals surface area contributed by atoms with Crippen LogP contribution in [-0.4, -0.2) is 35.8 Å². The van der Waals surface area contributed by atoms with Crippen molar-refractivity contribution in [1.82, 2.24) is 10.2 Å². The smallest absolute Gasteiger partial charge is 0.254 e. The molecule has 29 heavy (non-hydrogen) atoms. The zero-order chi connectivity index (χ0) is 20.6. The number of carbonyl (C=O) groups is 2. The monoisotopic (exact) mass is 396 g/mol. The van der Waals surface area contributed by atoms with Gasteiger partial charge in [0.1, 0.15) is 11.9 Å². The maximum Gasteiger partial charge on any atom is 0.254 e. The molecule has 0 aromatic heterocycles. The molecule has 1 aliphatic heterocycles. The minimum atomic E-state index is -0.613. The number of rotatable bonds is 7. The molecule has 0 saturated carbocycles. The van der Waals surface area contributed by atoms with Gasteiger partial charge in [-0.2, -0.15) is 0 Å². The van der Waals surface area contributed by atoms with E-state index in [1.165, 1.54) is 17.7 Å². The number of hydrogen-bond donors (Lipinski definition) is 1. The second-order valence-electron chi connectivity index (χ2n) is 7.75. The molecule has 4 nitrogen and oxygen atoms in total. The van der Waals surface area contributed by atoms with Gasteiger partial charge in [0.25, 0.3) is 5.91 Å². The minimum Gasteiger partial charge on any atom is -0.341 e. The molecule has 2 amide bonds. The predicted molar refractivity (Wildman–Crippen MR) is 112 cm³/mol. The number of piperidine rings is 1. The van der Waals surface area contributed by atoms with Crippen LogP contribution in [0.2, 0.25) is 0 Å². The van der Waals surface area contributed by atoms with Gasteiger partial charge in [-0.3, -0.25) is 9.59 Å². The first-order valence-corrected chi connectivity index (χ1v) is 10.5. The predicted octanol–water partition coefficient (Wildman–Crippen LogP) is 4.21. The van der Waals surface area contributed by atoms with E-state index in [1.54, 1.807) is 12.1 Å². The molecule has 5 heteroatoms. The Morgan fingerprint density at radius 3 is 2.38 bits per heavy atom. The first kappa shape index (κ1) is 21.0. The van der Waals surface area contributed by atoms with Crippen LogP contribution in [0.15, 0.2) is 54.6 Å². The summed E-state index contributed by atoms with van der Waals surface area (Å²) in [6.45, 7) is 3.37. The van der Waals surface area contributed by atoms with E-state index in [1.807, 2.05) is 17.9 Å². The second-order valence-corrected chi connectivity index (χ2v) is 7.75. The van der Waals surface area contributed by atoms with Crippen LogP contribution in [0.3, 0.4) is 0 Å². The van der Waals surface area contributed by atoms with Crippen LogP contribution in [0.5, 0.6) is 0 Å². The molecule has 1 saturated heterocycles. The largest absolute Gasteiger partial charge is 0.341 e. The Hall–Kier alpha value is -2.69. The van der Waals surface area contributed by atoms with Gasteiger partial charge >= 0.3 is 0 Å². The summed E-state index contributed by atoms with van der Waals surface area (Å²) in [6, 6.07) is 15.7. The number of amides is 2. The lowest BCUT2D eigenvalue weighted by Gasteiger charge is -2.34. The molecular weight excluding hydrogens is 367 g/mol. The third kappa shape index (κ3) is 5.66. The lowest BCUT2D eigenvalue weighted by molar-refractivity contribution is -0.134. The van der Waals surface area contributed by atoms with E-state index in [0.29, 0.717) is 25.4 Å². The van der Waals surface area contributed by atoms with Gasteiger partial charge in [0.15, 0.2) is 0 Å². The van der Waals surface area contributed by atoms with E-state index in [0.717, 1.165) is 25.7 Å². The molecule has 1 atom stereocenters. The fraction of sp³-hybridized carbons (Fsp3) is 0.417. The van der Waals surface area contributed by atoms with Gasteiger partial charge in [-0.05, 0) is 49.3 Å². The maximum atomic E-state index is 13.9. The van der Waals surface area contributed by atoms with Gasteiger partial charge in [0.05, 0.1) is 5.56 Å². The number of benzene rings is 2. The maximum absolute atomic E-state index is 13.9. The van der Waals surface area contributed by atoms with Gasteiger partial charge in [-0.25, -0.2) is 4.39 Å². The minimum absolute atomic E-state index is 0.0250. The topological polar surface area (TPSA) is 49.4 Å². The van der Waals surface area contributed by atoms with Crippen molar-refractivity contribution in [2.45, 2.75) is 45.1 Å². The van der Waals surface area contributed by atoms with Gasteiger partial charge in [0, 0.05) is 13.1 Å². The Balaban J connectivity index is 1.57. The molecule has 1 heterocycles. The van der Waals surface area contributed by atoms with E-state index in [9.17, 15) is 14.0 Å². The highest BCUT2D eigenvalue weighted by atomic mass is 19.1. The third-order valence-electron chi connectivity index (χ3n) is 5.59. The quantitative estimate of drug-likeness (QED) is 0.762. The summed E-state index contributed by atoms with van der Waals surface area (Å²) in [4.78, 5) is 27.3. The number of nitrogens with one attached hydrogen (secondary N) is 1. The van der Waals surface area contributed by atoms with E-state index >= 15 is 0 Å². The van der Waals surface area contributed by atoms with Crippen LogP contribution < -0.4 is 5.32 Å². The van der Waals surface area contributed by atoms with Crippen LogP contribution in [0.4, 0.5) is 4.39 Å². The fourth-order valence-electron chi connectivity index (χ4n) is 3.95. The van der Waals surface area contributed by atoms with E-state index in [2.05, 4.69) is 29.6 Å². The lowest BCUT2D eigenvalue weighted by atomic mass is 9.90. The Morgan fingerprint density at radius 2 is 1.72 bits per heavy atom. The highest BCUT2D eigenvalue weighted by Crippen LogP contribution is 2.22. The molecule has 0 spiro atoms. The summed E-state index contributed by atoms with van der Waals surface area (Å²) >= 11 is 0. The highest BCUT2D eigenvalue weighted by molar-refractivity contribution is 5.97. The van der Waals surface area contributed by atoms with Crippen molar-refractivity contribution in [2.24, 2.45) is 5.92 Å². The summed E-state index contributed by atoms with van der Waals surface area (Å²) in [5.74, 6) is -0.600. The Kier molecular flexibility index (Phi) is 7.39. The molecule has 2 aromatic carbocycles. The molecule has 0 bridgehead atoms. The summed E-state index contributed by atoms with van der Waals surface area (Å²) in [5.41, 5.74) is 1.31. The Bertz CT molecular complexity index is 817. The molecule has 2 aromatic rings. The van der Waals surface area contributed by atoms with Crippen LogP contribution in [0.25, 0.3) is 0 Å². The van der Waals surface area contributed by atoms with Crippen molar-refractivity contribution in [1.29, 1.82) is 0 Å². The van der Waals surface area contributed by atoms with Crippen LogP contribution in [0.1, 0.15) is 48.5 Å². The number of halogens is 1. The van der Waals surface area contributed by atoms with Crippen molar-refractivity contribution in [2.75, 3.05) is 13.1 Å². The van der Waals surface area contributed by atoms with Crippen molar-refractivity contribution < 1.29 is 14.0 Å². The molecule has 154 valence electrons. The first-order chi connectivity index (χ1) is 14.1. The summed E-state index contributed by atoms with van der Waals surface area (Å²) in [5, 5.41) is 2.75. The molecule has 3 rings (SSSR count). The lowest BCUT2D eigenvalue weighted by Crippen LogP contribution is -2.50. The van der Waals surface area contributed by atoms with Crippen molar-refractivity contribution in [3.8, 4) is 0 Å². The normalized spacial score (nSPS) is 15.7. The van der Waals surface area contributed by atoms with Gasteiger partial charge in [-0.1, -0.05) is 55.8 Å². The molecule has 0 aliphatic carbocycles. The van der Waals surface area contributed by atoms with Gasteiger partial charge in [0.2, 0.25) is 5.91 Å². The summed E-state index contributed by atoms with van der Waals surface area (Å²) in [7, 11) is 0. The Labute approximate surface area is 172 Å². The molecule has 1 aliphatic rings. The number of likely N-dealkylation sites (tertiary alicyclic amines) is 1. The third-order valence-corrected chi connectivity index (χ3v) is 5.59. The highest BCUT2D eigenvalue weighted by Gasteiger charge is 2.29. The number of carbonyl (C=O) groups excluding carboxylic acids is 2. The standard InChI is InChI=1S/C24H29FN2O2/c1-2-8-22(26-23(28)20-11-6-7-12-21(20)25)24(29)27-15-13-19(14-16-27)17-18-9-4-3-5-10-18/h3-7,9-12,19,22H,2,8,13-17H2,1H3,(H,26,28). The first-order valence-electron chi connectivity index (χ1n) is 10.5. The van der Waals surface area contributed by atoms with Gasteiger partial charge < -0.3 is 10.2 Å². The molecule has 1 unspecified atom stereocenters. The number of nitrogens with zero attached hydrogens (tertiary/aromatic N) is 1. The number of hydrogen-bond acceptors (Lipinski definition) is 2. The van der Waals surface area contributed by atoms with Crippen LogP contribution >= 0.6 is 0 Å². The van der Waals surface area contributed by atoms with Crippen molar-refractivity contribution >= 4 is 11.8 Å². The molecule has 1 N–H and O–H groups in total. The van der Waals surface area contributed by atoms with E-state index in [-0.39, 0.29) is 11.5 Å². The molecular formula is C24H29FN2O2. The van der Waals surface area contributed by atoms with E-state index in [4.69, 9.17) is 0 Å². The molecule has 1 fully saturated rings. The van der Waals surface area contributed by atoms with Crippen molar-refractivity contribution in [3.05, 3.63) is 71.5 Å². The SMILES string of the molecule is CCCC(NC(=O)c1ccccc1F)C(=O)N1CCC(Cc2ccccc2)CC1. The zero-order valence-corrected chi connectivity index (χ0v) is 16.9. The summed E-state index contributed by atoms with van der Waals surface area (Å²) < 4.78 is 13.9. The van der Waals surface area contributed by atoms with Crippen LogP contribution in [0, 0.1) is 11.7 Å². The van der Waals surface area contributed by atoms with E-state index < -0.39 is 17.8 Å².